The highest BCUT2D eigenvalue weighted by Crippen LogP contribution is 2.24. The molecule has 0 unspecified atom stereocenters. The van der Waals surface area contributed by atoms with Crippen molar-refractivity contribution >= 4 is 27.8 Å². The Bertz CT molecular complexity index is 798. The number of anilines is 1. The van der Waals surface area contributed by atoms with E-state index < -0.39 is 16.0 Å². The first-order chi connectivity index (χ1) is 10.4. The molecule has 0 aromatic heterocycles. The minimum absolute atomic E-state index is 0.0545. The average Bonchev–Trinajstić information content (AvgIpc) is 2.53. The Morgan fingerprint density at radius 2 is 1.64 bits per heavy atom. The fraction of sp³-hybridized carbons (Fsp3) is 0.0625. The van der Waals surface area contributed by atoms with Gasteiger partial charge in [0.25, 0.3) is 10.0 Å². The lowest BCUT2D eigenvalue weighted by molar-refractivity contribution is -0.131. The molecule has 0 radical (unpaired) electrons. The number of rotatable bonds is 5. The molecule has 0 saturated carbocycles. The highest BCUT2D eigenvalue weighted by atomic mass is 32.2. The van der Waals surface area contributed by atoms with Gasteiger partial charge in [0.2, 0.25) is 0 Å². The van der Waals surface area contributed by atoms with E-state index in [-0.39, 0.29) is 4.90 Å². The molecule has 2 rings (SSSR count). The first-order valence-corrected chi connectivity index (χ1v) is 7.91. The van der Waals surface area contributed by atoms with Crippen LogP contribution in [0.5, 0.6) is 0 Å². The standard InChI is InChI=1S/C16H15NO4S/c1-17(14-8-3-2-4-9-14)22(20,21)15-10-6-5-7-13(15)11-12-16(18)19/h2-12H,1H3,(H,18,19). The van der Waals surface area contributed by atoms with Crippen molar-refractivity contribution in [1.82, 2.24) is 0 Å². The van der Waals surface area contributed by atoms with Gasteiger partial charge in [-0.3, -0.25) is 4.31 Å². The van der Waals surface area contributed by atoms with Gasteiger partial charge in [-0.1, -0.05) is 36.4 Å². The van der Waals surface area contributed by atoms with E-state index in [0.29, 0.717) is 11.3 Å². The summed E-state index contributed by atoms with van der Waals surface area (Å²) in [5, 5.41) is 8.71. The summed E-state index contributed by atoms with van der Waals surface area (Å²) in [6, 6.07) is 14.9. The molecule has 0 atom stereocenters. The normalized spacial score (nSPS) is 11.5. The minimum atomic E-state index is -3.78. The number of sulfonamides is 1. The third kappa shape index (κ3) is 3.35. The molecule has 0 bridgehead atoms. The van der Waals surface area contributed by atoms with E-state index in [1.807, 2.05) is 0 Å². The molecule has 0 saturated heterocycles. The number of hydrogen-bond donors (Lipinski definition) is 1. The molecule has 5 nitrogen and oxygen atoms in total. The van der Waals surface area contributed by atoms with E-state index in [1.54, 1.807) is 48.5 Å². The topological polar surface area (TPSA) is 74.7 Å². The predicted octanol–water partition coefficient (Wildman–Crippen LogP) is 2.61. The van der Waals surface area contributed by atoms with Gasteiger partial charge in [-0.05, 0) is 29.8 Å². The van der Waals surface area contributed by atoms with Crippen LogP contribution in [-0.4, -0.2) is 26.5 Å². The van der Waals surface area contributed by atoms with Gasteiger partial charge < -0.3 is 5.11 Å². The van der Waals surface area contributed by atoms with Crippen LogP contribution in [0.15, 0.2) is 65.6 Å². The van der Waals surface area contributed by atoms with Gasteiger partial charge >= 0.3 is 5.97 Å². The molecule has 114 valence electrons. The lowest BCUT2D eigenvalue weighted by Crippen LogP contribution is -2.27. The van der Waals surface area contributed by atoms with Crippen molar-refractivity contribution in [2.75, 3.05) is 11.4 Å². The zero-order valence-corrected chi connectivity index (χ0v) is 12.7. The van der Waals surface area contributed by atoms with E-state index in [0.717, 1.165) is 6.08 Å². The highest BCUT2D eigenvalue weighted by Gasteiger charge is 2.23. The monoisotopic (exact) mass is 317 g/mol. The van der Waals surface area contributed by atoms with E-state index in [9.17, 15) is 13.2 Å². The number of carboxylic acids is 1. The van der Waals surface area contributed by atoms with Crippen molar-refractivity contribution in [2.45, 2.75) is 4.90 Å². The number of carbonyl (C=O) groups is 1. The third-order valence-electron chi connectivity index (χ3n) is 3.08. The molecule has 6 heteroatoms. The number of para-hydroxylation sites is 1. The Morgan fingerprint density at radius 1 is 1.05 bits per heavy atom. The average molecular weight is 317 g/mol. The second-order valence-corrected chi connectivity index (χ2v) is 6.46. The predicted molar refractivity (Wildman–Crippen MR) is 85.1 cm³/mol. The van der Waals surface area contributed by atoms with Crippen molar-refractivity contribution in [3.05, 3.63) is 66.2 Å². The fourth-order valence-electron chi connectivity index (χ4n) is 1.94. The maximum absolute atomic E-state index is 12.7. The molecular weight excluding hydrogens is 302 g/mol. The van der Waals surface area contributed by atoms with Gasteiger partial charge in [-0.25, -0.2) is 13.2 Å². The highest BCUT2D eigenvalue weighted by molar-refractivity contribution is 7.92. The van der Waals surface area contributed by atoms with Gasteiger partial charge in [-0.2, -0.15) is 0 Å². The van der Waals surface area contributed by atoms with Crippen LogP contribution >= 0.6 is 0 Å². The van der Waals surface area contributed by atoms with Crippen molar-refractivity contribution < 1.29 is 18.3 Å². The molecule has 0 fully saturated rings. The lowest BCUT2D eigenvalue weighted by Gasteiger charge is -2.20. The van der Waals surface area contributed by atoms with Gasteiger partial charge in [-0.15, -0.1) is 0 Å². The van der Waals surface area contributed by atoms with Gasteiger partial charge in [0.05, 0.1) is 10.6 Å². The zero-order chi connectivity index (χ0) is 16.2. The summed E-state index contributed by atoms with van der Waals surface area (Å²) < 4.78 is 26.7. The molecule has 2 aromatic carbocycles. The van der Waals surface area contributed by atoms with E-state index in [2.05, 4.69) is 0 Å². The Morgan fingerprint density at radius 3 is 2.27 bits per heavy atom. The molecule has 0 heterocycles. The minimum Gasteiger partial charge on any atom is -0.478 e. The summed E-state index contributed by atoms with van der Waals surface area (Å²) in [5.41, 5.74) is 0.854. The number of carboxylic acid groups (broad SMARTS) is 1. The van der Waals surface area contributed by atoms with Crippen LogP contribution in [0.2, 0.25) is 0 Å². The molecule has 22 heavy (non-hydrogen) atoms. The van der Waals surface area contributed by atoms with Gasteiger partial charge in [0.15, 0.2) is 0 Å². The first kappa shape index (κ1) is 15.8. The molecular formula is C16H15NO4S. The summed E-state index contributed by atoms with van der Waals surface area (Å²) in [7, 11) is -2.32. The van der Waals surface area contributed by atoms with Gasteiger partial charge in [0, 0.05) is 13.1 Å². The van der Waals surface area contributed by atoms with Crippen LogP contribution in [-0.2, 0) is 14.8 Å². The van der Waals surface area contributed by atoms with Crippen LogP contribution in [0, 0.1) is 0 Å². The van der Waals surface area contributed by atoms with Crippen molar-refractivity contribution in [2.24, 2.45) is 0 Å². The van der Waals surface area contributed by atoms with Crippen molar-refractivity contribution in [3.63, 3.8) is 0 Å². The van der Waals surface area contributed by atoms with Crippen molar-refractivity contribution in [3.8, 4) is 0 Å². The molecule has 2 aromatic rings. The maximum Gasteiger partial charge on any atom is 0.328 e. The molecule has 1 N–H and O–H groups in total. The van der Waals surface area contributed by atoms with Crippen molar-refractivity contribution in [1.29, 1.82) is 0 Å². The lowest BCUT2D eigenvalue weighted by atomic mass is 10.2. The van der Waals surface area contributed by atoms with Gasteiger partial charge in [0.1, 0.15) is 0 Å². The second-order valence-electron chi connectivity index (χ2n) is 4.52. The molecule has 0 aliphatic carbocycles. The molecule has 0 spiro atoms. The number of aliphatic carboxylic acids is 1. The summed E-state index contributed by atoms with van der Waals surface area (Å²) in [6.07, 6.45) is 2.19. The van der Waals surface area contributed by atoms with E-state index in [4.69, 9.17) is 5.11 Å². The smallest absolute Gasteiger partial charge is 0.328 e. The SMILES string of the molecule is CN(c1ccccc1)S(=O)(=O)c1ccccc1C=CC(=O)O. The Hall–Kier alpha value is -2.60. The summed E-state index contributed by atoms with van der Waals surface area (Å²) in [6.45, 7) is 0. The zero-order valence-electron chi connectivity index (χ0n) is 11.9. The summed E-state index contributed by atoms with van der Waals surface area (Å²) in [5.74, 6) is -1.14. The van der Waals surface area contributed by atoms with E-state index in [1.165, 1.54) is 23.5 Å². The third-order valence-corrected chi connectivity index (χ3v) is 4.94. The van der Waals surface area contributed by atoms with Crippen LogP contribution in [0.25, 0.3) is 6.08 Å². The van der Waals surface area contributed by atoms with Crippen LogP contribution < -0.4 is 4.31 Å². The van der Waals surface area contributed by atoms with Crippen LogP contribution in [0.1, 0.15) is 5.56 Å². The fourth-order valence-corrected chi connectivity index (χ4v) is 3.32. The van der Waals surface area contributed by atoms with E-state index >= 15 is 0 Å². The number of nitrogens with zero attached hydrogens (tertiary/aromatic N) is 1. The number of benzene rings is 2. The van der Waals surface area contributed by atoms with Crippen LogP contribution in [0.3, 0.4) is 0 Å². The molecule has 0 amide bonds. The maximum atomic E-state index is 12.7. The second kappa shape index (κ2) is 6.44. The largest absolute Gasteiger partial charge is 0.478 e. The molecule has 0 aliphatic rings. The quantitative estimate of drug-likeness (QED) is 0.860. The Balaban J connectivity index is 2.48. The number of hydrogen-bond acceptors (Lipinski definition) is 3. The molecule has 0 aliphatic heterocycles. The first-order valence-electron chi connectivity index (χ1n) is 6.47. The summed E-state index contributed by atoms with van der Waals surface area (Å²) in [4.78, 5) is 10.7. The van der Waals surface area contributed by atoms with Crippen LogP contribution in [0.4, 0.5) is 5.69 Å². The Labute approximate surface area is 129 Å². The summed E-state index contributed by atoms with van der Waals surface area (Å²) >= 11 is 0. The Kier molecular flexibility index (Phi) is 4.62.